The lowest BCUT2D eigenvalue weighted by molar-refractivity contribution is -0.164. The van der Waals surface area contributed by atoms with Crippen LogP contribution >= 0.6 is 0 Å². The molecule has 4 aliphatic heterocycles. The molecule has 2 N–H and O–H groups in total. The number of carbonyl (C=O) groups is 2. The zero-order valence-corrected chi connectivity index (χ0v) is 18.3. The molecule has 0 amide bonds. The van der Waals surface area contributed by atoms with Crippen LogP contribution in [0.5, 0.6) is 0 Å². The van der Waals surface area contributed by atoms with E-state index < -0.39 is 22.9 Å². The molecule has 4 heterocycles. The van der Waals surface area contributed by atoms with Crippen molar-refractivity contribution >= 4 is 11.9 Å². The Kier molecular flexibility index (Phi) is 3.81. The molecule has 0 aromatic carbocycles. The fourth-order valence-corrected chi connectivity index (χ4v) is 7.83. The lowest BCUT2D eigenvalue weighted by Gasteiger charge is -2.47. The van der Waals surface area contributed by atoms with Crippen LogP contribution < -0.4 is 5.32 Å². The van der Waals surface area contributed by atoms with Crippen LogP contribution in [0.2, 0.25) is 0 Å². The summed E-state index contributed by atoms with van der Waals surface area (Å²) in [5, 5.41) is 11.9. The molecule has 0 unspecified atom stereocenters. The molecule has 5 fully saturated rings. The van der Waals surface area contributed by atoms with Crippen LogP contribution in [0.3, 0.4) is 0 Å². The number of epoxide rings is 3. The zero-order valence-electron chi connectivity index (χ0n) is 18.3. The largest absolute Gasteiger partial charge is 0.458 e. The van der Waals surface area contributed by atoms with Gasteiger partial charge in [-0.15, -0.1) is 0 Å². The second-order valence-electron chi connectivity index (χ2n) is 10.6. The van der Waals surface area contributed by atoms with Crippen molar-refractivity contribution in [3.05, 3.63) is 11.1 Å². The number of fused-ring (bicyclic) bond motifs is 4. The van der Waals surface area contributed by atoms with E-state index in [1.807, 2.05) is 0 Å². The SMILES string of the molecule is CC(C)[C@]12O[C@H]1[C@@H]1O[C@@]13[C@H]1CCC4=C(COC4=O)[C@@H]1C[C@@H]1O[C@@]13[C@@H]2OC(=O)CNCCO. The van der Waals surface area contributed by atoms with E-state index in [1.165, 1.54) is 0 Å². The number of carbonyl (C=O) groups excluding carboxylic acids is 2. The Labute approximate surface area is 185 Å². The number of aliphatic hydroxyl groups excluding tert-OH is 1. The molecule has 9 heteroatoms. The van der Waals surface area contributed by atoms with Crippen molar-refractivity contribution < 1.29 is 38.4 Å². The van der Waals surface area contributed by atoms with Crippen LogP contribution in [0.25, 0.3) is 0 Å². The molecule has 174 valence electrons. The van der Waals surface area contributed by atoms with Gasteiger partial charge in [0.15, 0.2) is 11.7 Å². The minimum Gasteiger partial charge on any atom is -0.458 e. The van der Waals surface area contributed by atoms with E-state index in [0.29, 0.717) is 19.6 Å². The minimum atomic E-state index is -0.690. The number of esters is 2. The van der Waals surface area contributed by atoms with Crippen molar-refractivity contribution in [1.82, 2.24) is 5.32 Å². The number of hydrogen-bond acceptors (Lipinski definition) is 9. The van der Waals surface area contributed by atoms with Crippen molar-refractivity contribution in [3.8, 4) is 0 Å². The summed E-state index contributed by atoms with van der Waals surface area (Å²) in [6.07, 6.45) is 1.51. The highest BCUT2D eigenvalue weighted by Crippen LogP contribution is 2.80. The molecular weight excluding hydrogens is 418 g/mol. The normalized spacial score (nSPS) is 50.9. The van der Waals surface area contributed by atoms with E-state index in [9.17, 15) is 9.59 Å². The van der Waals surface area contributed by atoms with Crippen molar-refractivity contribution in [1.29, 1.82) is 0 Å². The molecular formula is C23H29NO8. The fourth-order valence-electron chi connectivity index (χ4n) is 7.83. The van der Waals surface area contributed by atoms with Crippen LogP contribution in [-0.4, -0.2) is 84.6 Å². The molecule has 32 heavy (non-hydrogen) atoms. The quantitative estimate of drug-likeness (QED) is 0.325. The highest BCUT2D eigenvalue weighted by molar-refractivity contribution is 5.92. The van der Waals surface area contributed by atoms with Gasteiger partial charge in [-0.2, -0.15) is 0 Å². The molecule has 0 aromatic heterocycles. The van der Waals surface area contributed by atoms with Gasteiger partial charge in [-0.1, -0.05) is 13.8 Å². The van der Waals surface area contributed by atoms with Crippen molar-refractivity contribution in [2.75, 3.05) is 26.3 Å². The maximum absolute atomic E-state index is 12.8. The first-order valence-corrected chi connectivity index (χ1v) is 11.8. The fraction of sp³-hybridized carbons (Fsp3) is 0.826. The Bertz CT molecular complexity index is 948. The Morgan fingerprint density at radius 3 is 2.88 bits per heavy atom. The Morgan fingerprint density at radius 1 is 1.25 bits per heavy atom. The summed E-state index contributed by atoms with van der Waals surface area (Å²) >= 11 is 0. The third kappa shape index (κ3) is 2.09. The summed E-state index contributed by atoms with van der Waals surface area (Å²) in [6, 6.07) is 0. The highest BCUT2D eigenvalue weighted by atomic mass is 16.8. The molecule has 9 atom stereocenters. The van der Waals surface area contributed by atoms with Gasteiger partial charge in [-0.05, 0) is 36.7 Å². The topological polar surface area (TPSA) is 122 Å². The van der Waals surface area contributed by atoms with Gasteiger partial charge in [-0.3, -0.25) is 4.79 Å². The second kappa shape index (κ2) is 6.13. The maximum atomic E-state index is 12.8. The Morgan fingerprint density at radius 2 is 2.09 bits per heavy atom. The first-order valence-electron chi connectivity index (χ1n) is 11.8. The van der Waals surface area contributed by atoms with Gasteiger partial charge in [0.2, 0.25) is 0 Å². The average molecular weight is 447 g/mol. The van der Waals surface area contributed by atoms with Crippen molar-refractivity contribution in [3.63, 3.8) is 0 Å². The maximum Gasteiger partial charge on any atom is 0.334 e. The zero-order chi connectivity index (χ0) is 22.0. The van der Waals surface area contributed by atoms with Crippen LogP contribution in [0, 0.1) is 17.8 Å². The number of aliphatic hydroxyl groups is 1. The lowest BCUT2D eigenvalue weighted by atomic mass is 9.53. The van der Waals surface area contributed by atoms with Gasteiger partial charge < -0.3 is 34.1 Å². The third-order valence-electron chi connectivity index (χ3n) is 9.21. The standard InChI is InChI=1S/C23H29NO8/c1-10(2)21-17(31-21)18-22(32-18)14-4-3-11-13(9-28-19(11)27)12(14)7-15-23(22,30-15)20(21)29-16(26)8-24-5-6-25/h10,12,14-15,17-18,20,24-25H,3-9H2,1-2H3/t12-,14-,15-,17-,18-,20+,21-,22-,23+/m0/s1. The highest BCUT2D eigenvalue weighted by Gasteiger charge is 2.99. The summed E-state index contributed by atoms with van der Waals surface area (Å²) < 4.78 is 30.9. The van der Waals surface area contributed by atoms with Gasteiger partial charge in [0, 0.05) is 18.0 Å². The number of ether oxygens (including phenoxy) is 5. The van der Waals surface area contributed by atoms with E-state index >= 15 is 0 Å². The summed E-state index contributed by atoms with van der Waals surface area (Å²) in [7, 11) is 0. The minimum absolute atomic E-state index is 0.0235. The third-order valence-corrected chi connectivity index (χ3v) is 9.21. The monoisotopic (exact) mass is 447 g/mol. The van der Waals surface area contributed by atoms with Crippen LogP contribution in [0.15, 0.2) is 11.1 Å². The smallest absolute Gasteiger partial charge is 0.334 e. The summed E-state index contributed by atoms with van der Waals surface area (Å²) in [6.45, 7) is 4.88. The van der Waals surface area contributed by atoms with Crippen LogP contribution in [-0.2, 0) is 33.3 Å². The predicted molar refractivity (Wildman–Crippen MR) is 106 cm³/mol. The van der Waals surface area contributed by atoms with Gasteiger partial charge in [0.1, 0.15) is 30.0 Å². The molecule has 3 saturated heterocycles. The first kappa shape index (κ1) is 19.9. The summed E-state index contributed by atoms with van der Waals surface area (Å²) in [5.74, 6) is -0.0169. The summed E-state index contributed by atoms with van der Waals surface area (Å²) in [5.41, 5.74) is 0.154. The lowest BCUT2D eigenvalue weighted by Crippen LogP contribution is -2.67. The molecule has 0 bridgehead atoms. The number of cyclic esters (lactones) is 1. The molecule has 0 radical (unpaired) electrons. The molecule has 0 aromatic rings. The number of nitrogens with one attached hydrogen (secondary N) is 1. The number of rotatable bonds is 6. The van der Waals surface area contributed by atoms with Crippen LogP contribution in [0.4, 0.5) is 0 Å². The van der Waals surface area contributed by atoms with Gasteiger partial charge in [0.05, 0.1) is 19.3 Å². The van der Waals surface area contributed by atoms with Crippen LogP contribution in [0.1, 0.15) is 33.1 Å². The molecule has 7 rings (SSSR count). The van der Waals surface area contributed by atoms with E-state index in [1.54, 1.807) is 0 Å². The Balaban J connectivity index is 1.24. The molecule has 2 spiro atoms. The van der Waals surface area contributed by atoms with Gasteiger partial charge in [-0.25, -0.2) is 4.79 Å². The molecule has 2 saturated carbocycles. The molecule has 3 aliphatic carbocycles. The predicted octanol–water partition coefficient (Wildman–Crippen LogP) is -0.154. The Hall–Kier alpha value is -1.52. The van der Waals surface area contributed by atoms with Gasteiger partial charge in [0.25, 0.3) is 0 Å². The van der Waals surface area contributed by atoms with Crippen molar-refractivity contribution in [2.24, 2.45) is 17.8 Å². The molecule has 9 nitrogen and oxygen atoms in total. The van der Waals surface area contributed by atoms with Crippen molar-refractivity contribution in [2.45, 2.75) is 74.3 Å². The van der Waals surface area contributed by atoms with E-state index in [2.05, 4.69) is 19.2 Å². The van der Waals surface area contributed by atoms with E-state index in [-0.39, 0.29) is 61.2 Å². The first-order chi connectivity index (χ1) is 15.4. The second-order valence-corrected chi connectivity index (χ2v) is 10.6. The van der Waals surface area contributed by atoms with Gasteiger partial charge >= 0.3 is 11.9 Å². The molecule has 7 aliphatic rings. The average Bonchev–Trinajstić information content (AvgIpc) is 3.67. The number of hydrogen-bond donors (Lipinski definition) is 2. The van der Waals surface area contributed by atoms with E-state index in [4.69, 9.17) is 28.8 Å². The van der Waals surface area contributed by atoms with E-state index in [0.717, 1.165) is 24.0 Å². The summed E-state index contributed by atoms with van der Waals surface area (Å²) in [4.78, 5) is 24.9.